The van der Waals surface area contributed by atoms with Crippen LogP contribution in [-0.2, 0) is 22.1 Å². The number of carbonyl (C=O) groups excluding carboxylic acids is 1. The minimum atomic E-state index is -4.52. The topological polar surface area (TPSA) is 75.6 Å². The van der Waals surface area contributed by atoms with Gasteiger partial charge in [-0.05, 0) is 17.7 Å². The molecule has 9 heteroatoms. The molecule has 0 radical (unpaired) electrons. The molecule has 0 aliphatic carbocycles. The van der Waals surface area contributed by atoms with Crippen LogP contribution in [-0.4, -0.2) is 52.2 Å². The number of carbonyl (C=O) groups is 1. The van der Waals surface area contributed by atoms with Crippen LogP contribution in [0.2, 0.25) is 0 Å². The molecular formula is C19H20F3N3O3. The SMILES string of the molecule is O=C(Cc1ccc(C(F)(F)F)nc1)N(CC1COC1)C[C@@H](O)c1cccnc1. The Morgan fingerprint density at radius 2 is 2.07 bits per heavy atom. The number of ether oxygens (including phenoxy) is 1. The third-order valence-electron chi connectivity index (χ3n) is 4.47. The van der Waals surface area contributed by atoms with Crippen LogP contribution in [0.1, 0.15) is 22.9 Å². The summed E-state index contributed by atoms with van der Waals surface area (Å²) >= 11 is 0. The fourth-order valence-electron chi connectivity index (χ4n) is 2.85. The number of halogens is 3. The van der Waals surface area contributed by atoms with Crippen LogP contribution in [0.5, 0.6) is 0 Å². The quantitative estimate of drug-likeness (QED) is 0.778. The zero-order valence-electron chi connectivity index (χ0n) is 15.0. The van der Waals surface area contributed by atoms with Gasteiger partial charge in [-0.15, -0.1) is 0 Å². The molecule has 1 N–H and O–H groups in total. The van der Waals surface area contributed by atoms with Gasteiger partial charge in [0.2, 0.25) is 5.91 Å². The second-order valence-corrected chi connectivity index (χ2v) is 6.73. The minimum absolute atomic E-state index is 0.0646. The van der Waals surface area contributed by atoms with Crippen molar-refractivity contribution in [2.24, 2.45) is 5.92 Å². The number of aliphatic hydroxyl groups is 1. The van der Waals surface area contributed by atoms with Gasteiger partial charge in [0.05, 0.1) is 32.3 Å². The third-order valence-corrected chi connectivity index (χ3v) is 4.47. The van der Waals surface area contributed by atoms with Crippen molar-refractivity contribution >= 4 is 5.91 Å². The standard InChI is InChI=1S/C19H20F3N3O3/c20-19(21,22)17-4-3-13(7-24-17)6-18(27)25(9-14-11-28-12-14)10-16(26)15-2-1-5-23-8-15/h1-5,7-8,14,16,26H,6,9-12H2/t16-/m1/s1. The van der Waals surface area contributed by atoms with Gasteiger partial charge in [0.15, 0.2) is 0 Å². The number of aromatic nitrogens is 2. The van der Waals surface area contributed by atoms with Crippen molar-refractivity contribution in [2.75, 3.05) is 26.3 Å². The lowest BCUT2D eigenvalue weighted by atomic mass is 10.1. The van der Waals surface area contributed by atoms with E-state index in [9.17, 15) is 23.1 Å². The summed E-state index contributed by atoms with van der Waals surface area (Å²) < 4.78 is 43.0. The second-order valence-electron chi connectivity index (χ2n) is 6.73. The fraction of sp³-hybridized carbons (Fsp3) is 0.421. The van der Waals surface area contributed by atoms with E-state index >= 15 is 0 Å². The van der Waals surface area contributed by atoms with E-state index in [4.69, 9.17) is 4.74 Å². The molecule has 6 nitrogen and oxygen atoms in total. The Morgan fingerprint density at radius 1 is 1.29 bits per heavy atom. The number of amides is 1. The van der Waals surface area contributed by atoms with E-state index in [0.717, 1.165) is 12.3 Å². The molecule has 0 spiro atoms. The van der Waals surface area contributed by atoms with E-state index < -0.39 is 18.0 Å². The maximum absolute atomic E-state index is 12.7. The molecule has 2 aromatic rings. The molecule has 2 aromatic heterocycles. The molecule has 1 aliphatic rings. The highest BCUT2D eigenvalue weighted by molar-refractivity contribution is 5.78. The molecule has 1 saturated heterocycles. The molecule has 3 heterocycles. The lowest BCUT2D eigenvalue weighted by molar-refractivity contribution is -0.141. The molecule has 1 atom stereocenters. The van der Waals surface area contributed by atoms with Crippen LogP contribution < -0.4 is 0 Å². The van der Waals surface area contributed by atoms with Gasteiger partial charge in [-0.3, -0.25) is 14.8 Å². The first-order chi connectivity index (χ1) is 13.3. The fourth-order valence-corrected chi connectivity index (χ4v) is 2.85. The molecule has 1 amide bonds. The highest BCUT2D eigenvalue weighted by Crippen LogP contribution is 2.27. The number of hydrogen-bond donors (Lipinski definition) is 1. The molecule has 0 saturated carbocycles. The van der Waals surface area contributed by atoms with Gasteiger partial charge < -0.3 is 14.7 Å². The zero-order valence-corrected chi connectivity index (χ0v) is 15.0. The number of aliphatic hydroxyl groups excluding tert-OH is 1. The molecule has 0 unspecified atom stereocenters. The largest absolute Gasteiger partial charge is 0.433 e. The summed E-state index contributed by atoms with van der Waals surface area (Å²) in [4.78, 5) is 21.6. The van der Waals surface area contributed by atoms with Crippen LogP contribution >= 0.6 is 0 Å². The van der Waals surface area contributed by atoms with Crippen molar-refractivity contribution in [2.45, 2.75) is 18.7 Å². The van der Waals surface area contributed by atoms with E-state index in [-0.39, 0.29) is 24.8 Å². The lowest BCUT2D eigenvalue weighted by Crippen LogP contribution is -2.44. The van der Waals surface area contributed by atoms with Gasteiger partial charge in [0.1, 0.15) is 5.69 Å². The molecule has 1 aliphatic heterocycles. The Labute approximate surface area is 160 Å². The Hall–Kier alpha value is -2.52. The number of rotatable bonds is 7. The van der Waals surface area contributed by atoms with Gasteiger partial charge in [-0.25, -0.2) is 0 Å². The zero-order chi connectivity index (χ0) is 20.1. The maximum atomic E-state index is 12.7. The lowest BCUT2D eigenvalue weighted by Gasteiger charge is -2.33. The summed E-state index contributed by atoms with van der Waals surface area (Å²) in [6, 6.07) is 5.51. The van der Waals surface area contributed by atoms with Crippen molar-refractivity contribution in [1.82, 2.24) is 14.9 Å². The van der Waals surface area contributed by atoms with Gasteiger partial charge in [0, 0.05) is 36.6 Å². The summed E-state index contributed by atoms with van der Waals surface area (Å²) in [5.41, 5.74) is -0.0377. The maximum Gasteiger partial charge on any atom is 0.433 e. The molecule has 3 rings (SSSR count). The van der Waals surface area contributed by atoms with E-state index in [2.05, 4.69) is 9.97 Å². The van der Waals surface area contributed by atoms with Crippen LogP contribution in [0, 0.1) is 5.92 Å². The van der Waals surface area contributed by atoms with E-state index in [0.29, 0.717) is 30.9 Å². The van der Waals surface area contributed by atoms with E-state index in [1.807, 2.05) is 0 Å². The van der Waals surface area contributed by atoms with Gasteiger partial charge >= 0.3 is 6.18 Å². The summed E-state index contributed by atoms with van der Waals surface area (Å²) in [6.07, 6.45) is -1.36. The normalized spacial score (nSPS) is 15.7. The summed E-state index contributed by atoms with van der Waals surface area (Å²) in [5, 5.41) is 10.4. The first kappa shape index (κ1) is 20.2. The summed E-state index contributed by atoms with van der Waals surface area (Å²) in [7, 11) is 0. The third kappa shape index (κ3) is 5.26. The van der Waals surface area contributed by atoms with Gasteiger partial charge in [0.25, 0.3) is 0 Å². The van der Waals surface area contributed by atoms with Crippen LogP contribution in [0.25, 0.3) is 0 Å². The summed E-state index contributed by atoms with van der Waals surface area (Å²) in [6.45, 7) is 1.54. The van der Waals surface area contributed by atoms with E-state index in [1.54, 1.807) is 18.3 Å². The second kappa shape index (κ2) is 8.66. The highest BCUT2D eigenvalue weighted by atomic mass is 19.4. The monoisotopic (exact) mass is 395 g/mol. The average Bonchev–Trinajstić information content (AvgIpc) is 2.63. The Balaban J connectivity index is 1.67. The number of pyridine rings is 2. The first-order valence-electron chi connectivity index (χ1n) is 8.78. The Morgan fingerprint density at radius 3 is 2.61 bits per heavy atom. The van der Waals surface area contributed by atoms with Crippen LogP contribution in [0.15, 0.2) is 42.9 Å². The molecular weight excluding hydrogens is 375 g/mol. The van der Waals surface area contributed by atoms with Crippen molar-refractivity contribution in [3.63, 3.8) is 0 Å². The number of alkyl halides is 3. The van der Waals surface area contributed by atoms with E-state index in [1.165, 1.54) is 17.2 Å². The molecule has 0 aromatic carbocycles. The predicted molar refractivity (Wildman–Crippen MR) is 93.0 cm³/mol. The number of nitrogens with zero attached hydrogens (tertiary/aromatic N) is 3. The average molecular weight is 395 g/mol. The molecule has 150 valence electrons. The van der Waals surface area contributed by atoms with Gasteiger partial charge in [-0.1, -0.05) is 12.1 Å². The summed E-state index contributed by atoms with van der Waals surface area (Å²) in [5.74, 6) is -0.118. The Kier molecular flexibility index (Phi) is 6.25. The first-order valence-corrected chi connectivity index (χ1v) is 8.78. The van der Waals surface area contributed by atoms with Crippen molar-refractivity contribution in [3.05, 3.63) is 59.7 Å². The van der Waals surface area contributed by atoms with Crippen molar-refractivity contribution in [1.29, 1.82) is 0 Å². The predicted octanol–water partition coefficient (Wildman–Crippen LogP) is 2.25. The van der Waals surface area contributed by atoms with Crippen molar-refractivity contribution in [3.8, 4) is 0 Å². The minimum Gasteiger partial charge on any atom is -0.386 e. The highest BCUT2D eigenvalue weighted by Gasteiger charge is 2.32. The van der Waals surface area contributed by atoms with Crippen LogP contribution in [0.3, 0.4) is 0 Å². The van der Waals surface area contributed by atoms with Gasteiger partial charge in [-0.2, -0.15) is 13.2 Å². The smallest absolute Gasteiger partial charge is 0.386 e. The Bertz CT molecular complexity index is 781. The molecule has 1 fully saturated rings. The van der Waals surface area contributed by atoms with Crippen molar-refractivity contribution < 1.29 is 27.8 Å². The molecule has 28 heavy (non-hydrogen) atoms. The van der Waals surface area contributed by atoms with Crippen LogP contribution in [0.4, 0.5) is 13.2 Å². The number of hydrogen-bond acceptors (Lipinski definition) is 5. The molecule has 0 bridgehead atoms.